The van der Waals surface area contributed by atoms with Gasteiger partial charge in [-0.1, -0.05) is 44.5 Å². The van der Waals surface area contributed by atoms with E-state index in [2.05, 4.69) is 36.5 Å². The van der Waals surface area contributed by atoms with Gasteiger partial charge in [-0.15, -0.1) is 0 Å². The minimum absolute atomic E-state index is 0.0768. The molecule has 0 bridgehead atoms. The number of hydrogen-bond donors (Lipinski definition) is 2. The molecule has 1 atom stereocenters. The number of rotatable bonds is 10. The summed E-state index contributed by atoms with van der Waals surface area (Å²) in [5.74, 6) is 0.394. The van der Waals surface area contributed by atoms with E-state index < -0.39 is 0 Å². The average Bonchev–Trinajstić information content (AvgIpc) is 2.50. The first-order chi connectivity index (χ1) is 10.2. The van der Waals surface area contributed by atoms with Gasteiger partial charge in [-0.05, 0) is 42.7 Å². The number of amides is 1. The molecule has 2 N–H and O–H groups in total. The molecule has 1 aromatic carbocycles. The van der Waals surface area contributed by atoms with Crippen molar-refractivity contribution in [2.75, 3.05) is 13.2 Å². The van der Waals surface area contributed by atoms with Crippen LogP contribution >= 0.6 is 0 Å². The summed E-state index contributed by atoms with van der Waals surface area (Å²) in [7, 11) is 0. The summed E-state index contributed by atoms with van der Waals surface area (Å²) in [6, 6.07) is 8.36. The van der Waals surface area contributed by atoms with Gasteiger partial charge in [0.05, 0.1) is 6.42 Å². The van der Waals surface area contributed by atoms with E-state index >= 15 is 0 Å². The smallest absolute Gasteiger partial charge is 0.224 e. The molecule has 0 aliphatic carbocycles. The summed E-state index contributed by atoms with van der Waals surface area (Å²) in [6.45, 7) is 5.12. The van der Waals surface area contributed by atoms with Crippen molar-refractivity contribution in [2.45, 2.75) is 52.4 Å². The Morgan fingerprint density at radius 1 is 1.19 bits per heavy atom. The number of benzene rings is 1. The van der Waals surface area contributed by atoms with Crippen LogP contribution in [0.25, 0.3) is 0 Å². The van der Waals surface area contributed by atoms with Crippen molar-refractivity contribution in [1.29, 1.82) is 0 Å². The number of unbranched alkanes of at least 4 members (excludes halogenated alkanes) is 1. The number of carbonyl (C=O) groups is 1. The van der Waals surface area contributed by atoms with Crippen molar-refractivity contribution >= 4 is 5.91 Å². The van der Waals surface area contributed by atoms with E-state index in [0.29, 0.717) is 18.9 Å². The maximum absolute atomic E-state index is 11.8. The second-order valence-electron chi connectivity index (χ2n) is 5.88. The standard InChI is InChI=1S/C18H29NO2/c1-3-4-7-16-8-10-17(11-9-16)13-18(21)19-12-5-6-15(2)14-20/h8-11,15,20H,3-7,12-14H2,1-2H3,(H,19,21). The molecule has 3 nitrogen and oxygen atoms in total. The lowest BCUT2D eigenvalue weighted by atomic mass is 10.0. The molecule has 0 spiro atoms. The molecule has 1 unspecified atom stereocenters. The predicted octanol–water partition coefficient (Wildman–Crippen LogP) is 3.10. The molecule has 1 rings (SSSR count). The molecule has 0 fully saturated rings. The van der Waals surface area contributed by atoms with E-state index in [1.165, 1.54) is 18.4 Å². The van der Waals surface area contributed by atoms with Crippen molar-refractivity contribution in [1.82, 2.24) is 5.32 Å². The van der Waals surface area contributed by atoms with Gasteiger partial charge in [-0.25, -0.2) is 0 Å². The van der Waals surface area contributed by atoms with Gasteiger partial charge in [0.25, 0.3) is 0 Å². The summed E-state index contributed by atoms with van der Waals surface area (Å²) in [5, 5.41) is 11.9. The molecule has 0 radical (unpaired) electrons. The maximum Gasteiger partial charge on any atom is 0.224 e. The lowest BCUT2D eigenvalue weighted by Gasteiger charge is -2.09. The van der Waals surface area contributed by atoms with Gasteiger partial charge in [-0.3, -0.25) is 4.79 Å². The van der Waals surface area contributed by atoms with Gasteiger partial charge >= 0.3 is 0 Å². The van der Waals surface area contributed by atoms with Crippen LogP contribution in [-0.2, 0) is 17.6 Å². The number of aryl methyl sites for hydroxylation is 1. The highest BCUT2D eigenvalue weighted by Crippen LogP contribution is 2.08. The van der Waals surface area contributed by atoms with Crippen molar-refractivity contribution in [3.63, 3.8) is 0 Å². The summed E-state index contributed by atoms with van der Waals surface area (Å²) < 4.78 is 0. The van der Waals surface area contributed by atoms with Gasteiger partial charge < -0.3 is 10.4 Å². The predicted molar refractivity (Wildman–Crippen MR) is 87.3 cm³/mol. The maximum atomic E-state index is 11.8. The zero-order valence-electron chi connectivity index (χ0n) is 13.4. The molecule has 0 saturated carbocycles. The van der Waals surface area contributed by atoms with Gasteiger partial charge in [-0.2, -0.15) is 0 Å². The summed E-state index contributed by atoms with van der Waals surface area (Å²) in [5.41, 5.74) is 2.41. The van der Waals surface area contributed by atoms with Crippen LogP contribution in [0.4, 0.5) is 0 Å². The van der Waals surface area contributed by atoms with Crippen LogP contribution in [0.2, 0.25) is 0 Å². The first kappa shape index (κ1) is 17.7. The molecule has 3 heteroatoms. The highest BCUT2D eigenvalue weighted by atomic mass is 16.3. The molecule has 1 aromatic rings. The molecule has 0 aliphatic heterocycles. The van der Waals surface area contributed by atoms with Crippen molar-refractivity contribution < 1.29 is 9.90 Å². The molecule has 0 saturated heterocycles. The largest absolute Gasteiger partial charge is 0.396 e. The lowest BCUT2D eigenvalue weighted by molar-refractivity contribution is -0.120. The SMILES string of the molecule is CCCCc1ccc(CC(=O)NCCCC(C)CO)cc1. The van der Waals surface area contributed by atoms with Gasteiger partial charge in [0, 0.05) is 13.2 Å². The Bertz CT molecular complexity index is 400. The second-order valence-corrected chi connectivity index (χ2v) is 5.88. The van der Waals surface area contributed by atoms with Crippen LogP contribution in [0.5, 0.6) is 0 Å². The van der Waals surface area contributed by atoms with Crippen molar-refractivity contribution in [3.8, 4) is 0 Å². The van der Waals surface area contributed by atoms with E-state index in [-0.39, 0.29) is 12.5 Å². The van der Waals surface area contributed by atoms with E-state index in [4.69, 9.17) is 5.11 Å². The van der Waals surface area contributed by atoms with E-state index in [1.54, 1.807) is 0 Å². The normalized spacial score (nSPS) is 12.1. The summed E-state index contributed by atoms with van der Waals surface area (Å²) in [4.78, 5) is 11.8. The van der Waals surface area contributed by atoms with E-state index in [0.717, 1.165) is 24.8 Å². The molecule has 0 heterocycles. The third-order valence-corrected chi connectivity index (χ3v) is 3.71. The average molecular weight is 291 g/mol. The second kappa shape index (κ2) is 10.4. The summed E-state index contributed by atoms with van der Waals surface area (Å²) >= 11 is 0. The van der Waals surface area contributed by atoms with Gasteiger partial charge in [0.15, 0.2) is 0 Å². The number of nitrogens with one attached hydrogen (secondary N) is 1. The number of hydrogen-bond acceptors (Lipinski definition) is 2. The highest BCUT2D eigenvalue weighted by Gasteiger charge is 2.04. The molecule has 118 valence electrons. The van der Waals surface area contributed by atoms with Crippen LogP contribution in [0.3, 0.4) is 0 Å². The van der Waals surface area contributed by atoms with Crippen molar-refractivity contribution in [3.05, 3.63) is 35.4 Å². The lowest BCUT2D eigenvalue weighted by Crippen LogP contribution is -2.26. The fraction of sp³-hybridized carbons (Fsp3) is 0.611. The topological polar surface area (TPSA) is 49.3 Å². The van der Waals surface area contributed by atoms with Gasteiger partial charge in [0.2, 0.25) is 5.91 Å². The number of aliphatic hydroxyl groups is 1. The van der Waals surface area contributed by atoms with Crippen LogP contribution in [0.15, 0.2) is 24.3 Å². The van der Waals surface area contributed by atoms with Gasteiger partial charge in [0.1, 0.15) is 0 Å². The molecule has 0 aliphatic rings. The Hall–Kier alpha value is -1.35. The van der Waals surface area contributed by atoms with E-state index in [1.807, 2.05) is 6.92 Å². The van der Waals surface area contributed by atoms with Crippen molar-refractivity contribution in [2.24, 2.45) is 5.92 Å². The quantitative estimate of drug-likeness (QED) is 0.651. The number of aliphatic hydroxyl groups excluding tert-OH is 1. The zero-order chi connectivity index (χ0) is 15.5. The Morgan fingerprint density at radius 3 is 2.48 bits per heavy atom. The molecule has 0 aromatic heterocycles. The third kappa shape index (κ3) is 7.86. The Balaban J connectivity index is 2.24. The Labute approximate surface area is 128 Å². The van der Waals surface area contributed by atoms with Crippen LogP contribution in [0.1, 0.15) is 50.7 Å². The summed E-state index contributed by atoms with van der Waals surface area (Å²) in [6.07, 6.45) is 5.85. The highest BCUT2D eigenvalue weighted by molar-refractivity contribution is 5.78. The molecular weight excluding hydrogens is 262 g/mol. The molecule has 21 heavy (non-hydrogen) atoms. The number of carbonyl (C=O) groups excluding carboxylic acids is 1. The Morgan fingerprint density at radius 2 is 1.86 bits per heavy atom. The first-order valence-corrected chi connectivity index (χ1v) is 8.11. The fourth-order valence-corrected chi connectivity index (χ4v) is 2.22. The monoisotopic (exact) mass is 291 g/mol. The minimum Gasteiger partial charge on any atom is -0.396 e. The fourth-order valence-electron chi connectivity index (χ4n) is 2.22. The van der Waals surface area contributed by atoms with Crippen LogP contribution < -0.4 is 5.32 Å². The molecular formula is C18H29NO2. The zero-order valence-corrected chi connectivity index (χ0v) is 13.4. The van der Waals surface area contributed by atoms with Crippen LogP contribution in [-0.4, -0.2) is 24.2 Å². The van der Waals surface area contributed by atoms with E-state index in [9.17, 15) is 4.79 Å². The first-order valence-electron chi connectivity index (χ1n) is 8.11. The Kier molecular flexibility index (Phi) is 8.76. The minimum atomic E-state index is 0.0768. The van der Waals surface area contributed by atoms with Crippen LogP contribution in [0, 0.1) is 5.92 Å². The molecule has 1 amide bonds. The third-order valence-electron chi connectivity index (χ3n) is 3.71.